The van der Waals surface area contributed by atoms with Crippen LogP contribution in [0.2, 0.25) is 0 Å². The Labute approximate surface area is 155 Å². The van der Waals surface area contributed by atoms with Crippen LogP contribution in [-0.2, 0) is 19.1 Å². The van der Waals surface area contributed by atoms with Gasteiger partial charge in [0.2, 0.25) is 0 Å². The summed E-state index contributed by atoms with van der Waals surface area (Å²) < 4.78 is 10.2. The largest absolute Gasteiger partial charge is 0.462 e. The number of hydrogen-bond donors (Lipinski definition) is 0. The molecule has 140 valence electrons. The average Bonchev–Trinajstić information content (AvgIpc) is 2.84. The molecule has 0 saturated carbocycles. The average molecular weight is 357 g/mol. The number of amides is 1. The van der Waals surface area contributed by atoms with Crippen molar-refractivity contribution >= 4 is 18.0 Å². The highest BCUT2D eigenvalue weighted by molar-refractivity contribution is 6.16. The van der Waals surface area contributed by atoms with Gasteiger partial charge in [0.25, 0.3) is 5.91 Å². The molecule has 1 aliphatic heterocycles. The zero-order chi connectivity index (χ0) is 19.3. The Hall–Kier alpha value is -2.40. The van der Waals surface area contributed by atoms with Crippen molar-refractivity contribution in [2.45, 2.75) is 33.6 Å². The summed E-state index contributed by atoms with van der Waals surface area (Å²) in [6.45, 7) is 8.84. The summed E-state index contributed by atoms with van der Waals surface area (Å²) in [6.07, 6.45) is 1.76. The number of ether oxygens (including phenoxy) is 2. The number of benzene rings is 1. The monoisotopic (exact) mass is 357 g/mol. The number of rotatable bonds is 7. The number of esters is 1. The summed E-state index contributed by atoms with van der Waals surface area (Å²) in [4.78, 5) is 26.9. The van der Waals surface area contributed by atoms with Gasteiger partial charge >= 0.3 is 5.97 Å². The molecule has 0 atom stereocenters. The Balaban J connectivity index is 2.42. The predicted molar refractivity (Wildman–Crippen MR) is 101 cm³/mol. The Morgan fingerprint density at radius 3 is 2.42 bits per heavy atom. The van der Waals surface area contributed by atoms with Gasteiger partial charge in [0.1, 0.15) is 0 Å². The second kappa shape index (κ2) is 8.81. The van der Waals surface area contributed by atoms with E-state index in [4.69, 9.17) is 9.47 Å². The maximum absolute atomic E-state index is 12.9. The Morgan fingerprint density at radius 2 is 1.88 bits per heavy atom. The third-order valence-corrected chi connectivity index (χ3v) is 4.42. The third kappa shape index (κ3) is 4.22. The minimum Gasteiger partial charge on any atom is -0.462 e. The van der Waals surface area contributed by atoms with E-state index in [0.717, 1.165) is 5.56 Å². The number of nitrogens with zero attached hydrogens (tertiary/aromatic N) is 1. The van der Waals surface area contributed by atoms with Gasteiger partial charge in [0, 0.05) is 19.4 Å². The van der Waals surface area contributed by atoms with E-state index in [1.54, 1.807) is 31.9 Å². The maximum Gasteiger partial charge on any atom is 0.340 e. The van der Waals surface area contributed by atoms with Crippen LogP contribution in [0.15, 0.2) is 41.1 Å². The molecule has 26 heavy (non-hydrogen) atoms. The Morgan fingerprint density at radius 1 is 1.23 bits per heavy atom. The van der Waals surface area contributed by atoms with Crippen molar-refractivity contribution < 1.29 is 19.1 Å². The van der Waals surface area contributed by atoms with Crippen LogP contribution in [0, 0.1) is 0 Å². The molecular weight excluding hydrogens is 330 g/mol. The van der Waals surface area contributed by atoms with Gasteiger partial charge in [-0.2, -0.15) is 0 Å². The Kier molecular flexibility index (Phi) is 6.75. The van der Waals surface area contributed by atoms with Crippen LogP contribution < -0.4 is 0 Å². The van der Waals surface area contributed by atoms with Crippen molar-refractivity contribution in [3.8, 4) is 0 Å². The quantitative estimate of drug-likeness (QED) is 0.553. The topological polar surface area (TPSA) is 55.8 Å². The van der Waals surface area contributed by atoms with Crippen molar-refractivity contribution in [1.82, 2.24) is 4.90 Å². The molecular formula is C21H27NO4. The lowest BCUT2D eigenvalue weighted by Gasteiger charge is -2.16. The molecule has 5 nitrogen and oxygen atoms in total. The van der Waals surface area contributed by atoms with E-state index in [1.807, 2.05) is 24.3 Å². The maximum atomic E-state index is 12.9. The van der Waals surface area contributed by atoms with E-state index in [2.05, 4.69) is 13.8 Å². The van der Waals surface area contributed by atoms with Gasteiger partial charge < -0.3 is 14.4 Å². The molecule has 1 aliphatic rings. The van der Waals surface area contributed by atoms with E-state index >= 15 is 0 Å². The smallest absolute Gasteiger partial charge is 0.340 e. The van der Waals surface area contributed by atoms with Crippen LogP contribution >= 0.6 is 0 Å². The van der Waals surface area contributed by atoms with Crippen LogP contribution in [0.3, 0.4) is 0 Å². The fourth-order valence-electron chi connectivity index (χ4n) is 2.92. The normalized spacial score (nSPS) is 16.2. The second-order valence-corrected chi connectivity index (χ2v) is 6.51. The number of carbonyl (C=O) groups is 2. The van der Waals surface area contributed by atoms with Crippen molar-refractivity contribution in [1.29, 1.82) is 0 Å². The molecule has 0 unspecified atom stereocenters. The van der Waals surface area contributed by atoms with E-state index in [9.17, 15) is 9.59 Å². The van der Waals surface area contributed by atoms with E-state index in [-0.39, 0.29) is 12.5 Å². The van der Waals surface area contributed by atoms with Crippen molar-refractivity contribution in [3.63, 3.8) is 0 Å². The van der Waals surface area contributed by atoms with E-state index < -0.39 is 5.97 Å². The van der Waals surface area contributed by atoms with Crippen LogP contribution in [0.4, 0.5) is 0 Å². The lowest BCUT2D eigenvalue weighted by Crippen LogP contribution is -2.28. The molecule has 5 heteroatoms. The molecule has 0 bridgehead atoms. The fourth-order valence-corrected chi connectivity index (χ4v) is 2.92. The van der Waals surface area contributed by atoms with E-state index in [1.165, 1.54) is 5.56 Å². The van der Waals surface area contributed by atoms with Crippen LogP contribution in [0.5, 0.6) is 0 Å². The molecule has 1 amide bonds. The molecule has 0 aromatic heterocycles. The summed E-state index contributed by atoms with van der Waals surface area (Å²) in [5.74, 6) is -0.231. The van der Waals surface area contributed by atoms with Gasteiger partial charge in [-0.25, -0.2) is 4.79 Å². The van der Waals surface area contributed by atoms with Gasteiger partial charge in [0.15, 0.2) is 0 Å². The first-order chi connectivity index (χ1) is 12.4. The summed E-state index contributed by atoms with van der Waals surface area (Å²) in [5.41, 5.74) is 3.41. The molecule has 0 N–H and O–H groups in total. The van der Waals surface area contributed by atoms with Gasteiger partial charge in [-0.3, -0.25) is 4.79 Å². The molecule has 2 rings (SSSR count). The second-order valence-electron chi connectivity index (χ2n) is 6.51. The molecule has 0 saturated heterocycles. The molecule has 0 spiro atoms. The summed E-state index contributed by atoms with van der Waals surface area (Å²) in [5, 5.41) is 0. The number of methoxy groups -OCH3 is 1. The highest BCUT2D eigenvalue weighted by Crippen LogP contribution is 2.31. The highest BCUT2D eigenvalue weighted by atomic mass is 16.5. The first-order valence-corrected chi connectivity index (χ1v) is 8.91. The lowest BCUT2D eigenvalue weighted by atomic mass is 9.99. The molecule has 1 heterocycles. The molecule has 0 aliphatic carbocycles. The highest BCUT2D eigenvalue weighted by Gasteiger charge is 2.36. The minimum atomic E-state index is -0.469. The van der Waals surface area contributed by atoms with Crippen LogP contribution in [0.25, 0.3) is 6.08 Å². The number of allylic oxidation sites excluding steroid dienone is 1. The summed E-state index contributed by atoms with van der Waals surface area (Å²) >= 11 is 0. The zero-order valence-electron chi connectivity index (χ0n) is 16.2. The first kappa shape index (κ1) is 19.9. The SMILES string of the molecule is CCOC(=O)C1=C(C)N(CCOC)C(=O)/C1=C\c1ccc(C(C)C)cc1. The van der Waals surface area contributed by atoms with Crippen LogP contribution in [-0.4, -0.2) is 43.6 Å². The number of hydrogen-bond acceptors (Lipinski definition) is 4. The lowest BCUT2D eigenvalue weighted by molar-refractivity contribution is -0.138. The molecule has 0 radical (unpaired) electrons. The summed E-state index contributed by atoms with van der Waals surface area (Å²) in [7, 11) is 1.58. The standard InChI is InChI=1S/C21H27NO4/c1-6-26-21(24)19-15(4)22(11-12-25-5)20(23)18(19)13-16-7-9-17(10-8-16)14(2)3/h7-10,13-14H,6,11-12H2,1-5H3/b18-13-. The van der Waals surface area contributed by atoms with Crippen molar-refractivity contribution in [2.75, 3.05) is 26.9 Å². The fraction of sp³-hybridized carbons (Fsp3) is 0.429. The van der Waals surface area contributed by atoms with Crippen molar-refractivity contribution in [3.05, 3.63) is 52.2 Å². The molecule has 1 aromatic rings. The molecule has 0 fully saturated rings. The van der Waals surface area contributed by atoms with Gasteiger partial charge in [-0.1, -0.05) is 38.1 Å². The van der Waals surface area contributed by atoms with Crippen molar-refractivity contribution in [2.24, 2.45) is 0 Å². The predicted octanol–water partition coefficient (Wildman–Crippen LogP) is 3.52. The van der Waals surface area contributed by atoms with E-state index in [0.29, 0.717) is 35.9 Å². The molecule has 1 aromatic carbocycles. The zero-order valence-corrected chi connectivity index (χ0v) is 16.2. The number of carbonyl (C=O) groups excluding carboxylic acids is 2. The Bertz CT molecular complexity index is 729. The first-order valence-electron chi connectivity index (χ1n) is 8.91. The minimum absolute atomic E-state index is 0.199. The van der Waals surface area contributed by atoms with Gasteiger partial charge in [-0.05, 0) is 37.0 Å². The summed E-state index contributed by atoms with van der Waals surface area (Å²) in [6, 6.07) is 8.01. The van der Waals surface area contributed by atoms with Gasteiger partial charge in [0.05, 0.1) is 24.4 Å². The van der Waals surface area contributed by atoms with Gasteiger partial charge in [-0.15, -0.1) is 0 Å². The third-order valence-electron chi connectivity index (χ3n) is 4.42. The van der Waals surface area contributed by atoms with Crippen LogP contribution in [0.1, 0.15) is 44.7 Å².